The lowest BCUT2D eigenvalue weighted by molar-refractivity contribution is 0.0845. The molecule has 6 heteroatoms. The molecule has 0 aromatic heterocycles. The van der Waals surface area contributed by atoms with Gasteiger partial charge in [0.1, 0.15) is 11.5 Å². The van der Waals surface area contributed by atoms with Crippen molar-refractivity contribution in [1.82, 2.24) is 10.9 Å². The lowest BCUT2D eigenvalue weighted by Gasteiger charge is -2.12. The third-order valence-electron chi connectivity index (χ3n) is 3.48. The highest BCUT2D eigenvalue weighted by Crippen LogP contribution is 2.24. The van der Waals surface area contributed by atoms with Gasteiger partial charge in [-0.3, -0.25) is 20.4 Å². The Morgan fingerprint density at radius 1 is 0.769 bits per heavy atom. The molecule has 0 radical (unpaired) electrons. The van der Waals surface area contributed by atoms with Gasteiger partial charge in [0.25, 0.3) is 11.8 Å². The lowest BCUT2D eigenvalue weighted by Crippen LogP contribution is -2.41. The fraction of sp³-hybridized carbons (Fsp3) is 0. The van der Waals surface area contributed by atoms with Crippen molar-refractivity contribution in [2.75, 3.05) is 0 Å². The van der Waals surface area contributed by atoms with E-state index in [9.17, 15) is 9.59 Å². The number of rotatable bonds is 4. The van der Waals surface area contributed by atoms with Gasteiger partial charge in [0, 0.05) is 10.0 Å². The number of amides is 2. The fourth-order valence-electron chi connectivity index (χ4n) is 2.24. The molecule has 0 atom stereocenters. The van der Waals surface area contributed by atoms with Gasteiger partial charge in [-0.25, -0.2) is 0 Å². The van der Waals surface area contributed by atoms with Crippen LogP contribution in [0.1, 0.15) is 20.7 Å². The van der Waals surface area contributed by atoms with Crippen LogP contribution in [-0.2, 0) is 0 Å². The normalized spacial score (nSPS) is 10.0. The number of para-hydroxylation sites is 2. The predicted octanol–water partition coefficient (Wildman–Crippen LogP) is 4.32. The summed E-state index contributed by atoms with van der Waals surface area (Å²) in [6.45, 7) is 0. The molecule has 0 spiro atoms. The van der Waals surface area contributed by atoms with Gasteiger partial charge in [-0.1, -0.05) is 52.3 Å². The van der Waals surface area contributed by atoms with Crippen LogP contribution in [0.15, 0.2) is 83.3 Å². The van der Waals surface area contributed by atoms with Crippen molar-refractivity contribution in [2.45, 2.75) is 0 Å². The number of benzene rings is 3. The van der Waals surface area contributed by atoms with Crippen molar-refractivity contribution < 1.29 is 14.3 Å². The smallest absolute Gasteiger partial charge is 0.273 e. The summed E-state index contributed by atoms with van der Waals surface area (Å²) in [5, 5.41) is 0. The standard InChI is InChI=1S/C20H15BrN2O3/c21-15-8-6-7-14(13-15)19(24)22-23-20(25)17-11-4-5-12-18(17)26-16-9-2-1-3-10-16/h1-13H,(H,22,24)(H,23,25). The Morgan fingerprint density at radius 3 is 2.23 bits per heavy atom. The second-order valence-electron chi connectivity index (χ2n) is 5.33. The van der Waals surface area contributed by atoms with Crippen molar-refractivity contribution in [2.24, 2.45) is 0 Å². The molecule has 0 aliphatic carbocycles. The second-order valence-corrected chi connectivity index (χ2v) is 6.25. The Labute approximate surface area is 159 Å². The summed E-state index contributed by atoms with van der Waals surface area (Å²) in [6.07, 6.45) is 0. The van der Waals surface area contributed by atoms with Gasteiger partial charge in [-0.2, -0.15) is 0 Å². The van der Waals surface area contributed by atoms with Gasteiger partial charge in [-0.05, 0) is 42.5 Å². The molecule has 0 saturated carbocycles. The summed E-state index contributed by atoms with van der Waals surface area (Å²) in [5.74, 6) is 0.125. The quantitative estimate of drug-likeness (QED) is 0.629. The molecular formula is C20H15BrN2O3. The molecule has 3 aromatic rings. The van der Waals surface area contributed by atoms with E-state index in [0.717, 1.165) is 4.47 Å². The van der Waals surface area contributed by atoms with Crippen molar-refractivity contribution in [1.29, 1.82) is 0 Å². The predicted molar refractivity (Wildman–Crippen MR) is 102 cm³/mol. The number of halogens is 1. The molecule has 3 aromatic carbocycles. The summed E-state index contributed by atoms with van der Waals surface area (Å²) in [5.41, 5.74) is 5.55. The third kappa shape index (κ3) is 4.49. The van der Waals surface area contributed by atoms with Crippen LogP contribution in [0.3, 0.4) is 0 Å². The van der Waals surface area contributed by atoms with Crippen molar-refractivity contribution in [3.63, 3.8) is 0 Å². The monoisotopic (exact) mass is 410 g/mol. The first kappa shape index (κ1) is 17.7. The minimum atomic E-state index is -0.472. The minimum Gasteiger partial charge on any atom is -0.457 e. The number of hydrogen-bond acceptors (Lipinski definition) is 3. The van der Waals surface area contributed by atoms with E-state index in [0.29, 0.717) is 22.6 Å². The third-order valence-corrected chi connectivity index (χ3v) is 3.97. The Bertz CT molecular complexity index is 929. The van der Waals surface area contributed by atoms with E-state index in [1.165, 1.54) is 0 Å². The second kappa shape index (κ2) is 8.31. The molecule has 0 fully saturated rings. The molecular weight excluding hydrogens is 396 g/mol. The Kier molecular flexibility index (Phi) is 5.66. The highest BCUT2D eigenvalue weighted by Gasteiger charge is 2.14. The van der Waals surface area contributed by atoms with Gasteiger partial charge in [0.05, 0.1) is 5.56 Å². The first-order chi connectivity index (χ1) is 12.6. The summed E-state index contributed by atoms with van der Waals surface area (Å²) in [6, 6.07) is 22.8. The molecule has 0 heterocycles. The van der Waals surface area contributed by atoms with Gasteiger partial charge < -0.3 is 4.74 Å². The average molecular weight is 411 g/mol. The average Bonchev–Trinajstić information content (AvgIpc) is 2.67. The molecule has 0 saturated heterocycles. The first-order valence-electron chi connectivity index (χ1n) is 7.81. The van der Waals surface area contributed by atoms with E-state index in [1.807, 2.05) is 24.3 Å². The molecule has 5 nitrogen and oxygen atoms in total. The molecule has 0 bridgehead atoms. The number of carbonyl (C=O) groups excluding carboxylic acids is 2. The number of ether oxygens (including phenoxy) is 1. The highest BCUT2D eigenvalue weighted by molar-refractivity contribution is 9.10. The van der Waals surface area contributed by atoms with Crippen LogP contribution < -0.4 is 15.6 Å². The molecule has 2 amide bonds. The van der Waals surface area contributed by atoms with Crippen LogP contribution in [0.2, 0.25) is 0 Å². The molecule has 0 unspecified atom stereocenters. The zero-order valence-electron chi connectivity index (χ0n) is 13.6. The van der Waals surface area contributed by atoms with E-state index >= 15 is 0 Å². The first-order valence-corrected chi connectivity index (χ1v) is 8.61. The van der Waals surface area contributed by atoms with Crippen LogP contribution in [-0.4, -0.2) is 11.8 Å². The van der Waals surface area contributed by atoms with Crippen LogP contribution in [0.4, 0.5) is 0 Å². The molecule has 0 aliphatic heterocycles. The summed E-state index contributed by atoms with van der Waals surface area (Å²) < 4.78 is 6.53. The zero-order valence-corrected chi connectivity index (χ0v) is 15.2. The topological polar surface area (TPSA) is 67.4 Å². The van der Waals surface area contributed by atoms with Crippen LogP contribution in [0.25, 0.3) is 0 Å². The summed E-state index contributed by atoms with van der Waals surface area (Å²) >= 11 is 3.30. The Balaban J connectivity index is 1.69. The largest absolute Gasteiger partial charge is 0.457 e. The molecule has 130 valence electrons. The highest BCUT2D eigenvalue weighted by atomic mass is 79.9. The number of nitrogens with one attached hydrogen (secondary N) is 2. The zero-order chi connectivity index (χ0) is 18.4. The van der Waals surface area contributed by atoms with Crippen LogP contribution in [0, 0.1) is 0 Å². The minimum absolute atomic E-state index is 0.311. The fourth-order valence-corrected chi connectivity index (χ4v) is 2.64. The van der Waals surface area contributed by atoms with Crippen molar-refractivity contribution in [3.05, 3.63) is 94.5 Å². The van der Waals surface area contributed by atoms with E-state index in [-0.39, 0.29) is 0 Å². The van der Waals surface area contributed by atoms with Gasteiger partial charge >= 0.3 is 0 Å². The van der Waals surface area contributed by atoms with Crippen LogP contribution >= 0.6 is 15.9 Å². The van der Waals surface area contributed by atoms with Gasteiger partial charge in [0.15, 0.2) is 0 Å². The van der Waals surface area contributed by atoms with E-state index in [4.69, 9.17) is 4.74 Å². The van der Waals surface area contributed by atoms with Gasteiger partial charge in [-0.15, -0.1) is 0 Å². The maximum Gasteiger partial charge on any atom is 0.273 e. The number of carbonyl (C=O) groups is 2. The van der Waals surface area contributed by atoms with E-state index < -0.39 is 11.8 Å². The molecule has 0 aliphatic rings. The maximum absolute atomic E-state index is 12.4. The summed E-state index contributed by atoms with van der Waals surface area (Å²) in [7, 11) is 0. The van der Waals surface area contributed by atoms with E-state index in [1.54, 1.807) is 54.6 Å². The Morgan fingerprint density at radius 2 is 1.46 bits per heavy atom. The van der Waals surface area contributed by atoms with Crippen molar-refractivity contribution in [3.8, 4) is 11.5 Å². The molecule has 26 heavy (non-hydrogen) atoms. The Hall–Kier alpha value is -3.12. The molecule has 2 N–H and O–H groups in total. The van der Waals surface area contributed by atoms with Crippen LogP contribution in [0.5, 0.6) is 11.5 Å². The molecule has 3 rings (SSSR count). The number of hydrogen-bond donors (Lipinski definition) is 2. The summed E-state index contributed by atoms with van der Waals surface area (Å²) in [4.78, 5) is 24.6. The van der Waals surface area contributed by atoms with E-state index in [2.05, 4.69) is 26.8 Å². The maximum atomic E-state index is 12.4. The SMILES string of the molecule is O=C(NNC(=O)c1ccccc1Oc1ccccc1)c1cccc(Br)c1. The van der Waals surface area contributed by atoms with Gasteiger partial charge in [0.2, 0.25) is 0 Å². The van der Waals surface area contributed by atoms with Crippen molar-refractivity contribution >= 4 is 27.7 Å². The lowest BCUT2D eigenvalue weighted by atomic mass is 10.2. The number of hydrazine groups is 1.